The topological polar surface area (TPSA) is 129 Å². The fourth-order valence-corrected chi connectivity index (χ4v) is 3.21. The number of hydrogen-bond acceptors (Lipinski definition) is 7. The van der Waals surface area contributed by atoms with Crippen molar-refractivity contribution in [1.29, 1.82) is 0 Å². The maximum absolute atomic E-state index is 11.9. The zero-order valence-corrected chi connectivity index (χ0v) is 13.2. The summed E-state index contributed by atoms with van der Waals surface area (Å²) >= 11 is 0. The van der Waals surface area contributed by atoms with Crippen molar-refractivity contribution >= 4 is 18.5 Å². The summed E-state index contributed by atoms with van der Waals surface area (Å²) in [7, 11) is 0. The zero-order chi connectivity index (χ0) is 17.5. The van der Waals surface area contributed by atoms with Crippen molar-refractivity contribution in [3.63, 3.8) is 0 Å². The highest BCUT2D eigenvalue weighted by Gasteiger charge is 2.42. The Hall–Kier alpha value is -2.19. The molecule has 0 aliphatic heterocycles. The molecule has 0 heterocycles. The number of carboxylic acid groups (broad SMARTS) is 2. The molecule has 9 nitrogen and oxygen atoms in total. The number of ether oxygens (including phenoxy) is 4. The van der Waals surface area contributed by atoms with Gasteiger partial charge in [0.25, 0.3) is 0 Å². The lowest BCUT2D eigenvalue weighted by Crippen LogP contribution is -2.48. The summed E-state index contributed by atoms with van der Waals surface area (Å²) in [6.45, 7) is 0. The van der Waals surface area contributed by atoms with Crippen LogP contribution in [0, 0.1) is 0 Å². The maximum atomic E-state index is 11.9. The van der Waals surface area contributed by atoms with Gasteiger partial charge in [-0.05, 0) is 44.9 Å². The van der Waals surface area contributed by atoms with Crippen LogP contribution in [0.15, 0.2) is 0 Å². The quantitative estimate of drug-likeness (QED) is 0.582. The summed E-state index contributed by atoms with van der Waals surface area (Å²) in [6, 6.07) is 0. The van der Waals surface area contributed by atoms with Crippen LogP contribution in [0.5, 0.6) is 0 Å². The van der Waals surface area contributed by atoms with E-state index in [0.717, 1.165) is 32.1 Å². The van der Waals surface area contributed by atoms with Crippen molar-refractivity contribution in [3.05, 3.63) is 0 Å². The van der Waals surface area contributed by atoms with Crippen molar-refractivity contribution in [2.24, 2.45) is 0 Å². The monoisotopic (exact) mass is 346 g/mol. The van der Waals surface area contributed by atoms with Gasteiger partial charge < -0.3 is 29.2 Å². The normalized spacial score (nSPS) is 27.8. The second-order valence-corrected chi connectivity index (χ2v) is 5.99. The van der Waals surface area contributed by atoms with Gasteiger partial charge in [0.05, 0.1) is 0 Å². The Morgan fingerprint density at radius 1 is 0.667 bits per heavy atom. The SMILES string of the molecule is O=C(O)OC1CCCC(OC(=O)OC2CCCCC2)C1OC(=O)O. The minimum Gasteiger partial charge on any atom is -0.450 e. The van der Waals surface area contributed by atoms with E-state index in [1.54, 1.807) is 0 Å². The molecule has 0 saturated heterocycles. The van der Waals surface area contributed by atoms with Gasteiger partial charge in [0.1, 0.15) is 18.3 Å². The highest BCUT2D eigenvalue weighted by molar-refractivity contribution is 5.61. The molecule has 9 heteroatoms. The molecule has 2 saturated carbocycles. The summed E-state index contributed by atoms with van der Waals surface area (Å²) in [5, 5.41) is 17.6. The highest BCUT2D eigenvalue weighted by atomic mass is 16.7. The molecule has 0 bridgehead atoms. The predicted octanol–water partition coefficient (Wildman–Crippen LogP) is 3.15. The number of rotatable bonds is 4. The van der Waals surface area contributed by atoms with Crippen molar-refractivity contribution < 1.29 is 43.5 Å². The van der Waals surface area contributed by atoms with Crippen molar-refractivity contribution in [3.8, 4) is 0 Å². The molecule has 3 unspecified atom stereocenters. The lowest BCUT2D eigenvalue weighted by atomic mass is 9.91. The summed E-state index contributed by atoms with van der Waals surface area (Å²) in [4.78, 5) is 33.5. The third-order valence-corrected chi connectivity index (χ3v) is 4.26. The Morgan fingerprint density at radius 3 is 1.83 bits per heavy atom. The lowest BCUT2D eigenvalue weighted by molar-refractivity contribution is -0.123. The fourth-order valence-electron chi connectivity index (χ4n) is 3.21. The predicted molar refractivity (Wildman–Crippen MR) is 77.9 cm³/mol. The second-order valence-electron chi connectivity index (χ2n) is 5.99. The first-order valence-electron chi connectivity index (χ1n) is 8.12. The van der Waals surface area contributed by atoms with E-state index in [0.29, 0.717) is 19.3 Å². The molecule has 0 amide bonds. The lowest BCUT2D eigenvalue weighted by Gasteiger charge is -2.35. The first kappa shape index (κ1) is 18.2. The van der Waals surface area contributed by atoms with Gasteiger partial charge in [0.2, 0.25) is 0 Å². The maximum Gasteiger partial charge on any atom is 0.508 e. The molecule has 136 valence electrons. The molecule has 0 aromatic heterocycles. The van der Waals surface area contributed by atoms with Gasteiger partial charge in [0.15, 0.2) is 6.10 Å². The average molecular weight is 346 g/mol. The largest absolute Gasteiger partial charge is 0.508 e. The molecule has 2 N–H and O–H groups in total. The minimum absolute atomic E-state index is 0.195. The standard InChI is InChI=1S/C15H22O9/c16-13(17)22-10-7-4-8-11(12(10)24-14(18)19)23-15(20)21-9-5-2-1-3-6-9/h9-12H,1-8H2,(H,16,17)(H,18,19). The van der Waals surface area contributed by atoms with Crippen molar-refractivity contribution in [2.45, 2.75) is 75.8 Å². The summed E-state index contributed by atoms with van der Waals surface area (Å²) in [5.41, 5.74) is 0. The molecule has 0 aromatic carbocycles. The molecule has 0 radical (unpaired) electrons. The molecule has 24 heavy (non-hydrogen) atoms. The third kappa shape index (κ3) is 5.47. The van der Waals surface area contributed by atoms with E-state index in [1.165, 1.54) is 0 Å². The molecule has 3 atom stereocenters. The van der Waals surface area contributed by atoms with Gasteiger partial charge in [-0.2, -0.15) is 0 Å². The number of carbonyl (C=O) groups is 3. The highest BCUT2D eigenvalue weighted by Crippen LogP contribution is 2.28. The van der Waals surface area contributed by atoms with E-state index in [1.807, 2.05) is 0 Å². The van der Waals surface area contributed by atoms with Crippen LogP contribution in [0.2, 0.25) is 0 Å². The van der Waals surface area contributed by atoms with E-state index in [-0.39, 0.29) is 6.10 Å². The Morgan fingerprint density at radius 2 is 1.25 bits per heavy atom. The molecule has 0 spiro atoms. The minimum atomic E-state index is -1.59. The van der Waals surface area contributed by atoms with Crippen LogP contribution in [-0.4, -0.2) is 53.1 Å². The Kier molecular flexibility index (Phi) is 6.51. The van der Waals surface area contributed by atoms with E-state index in [4.69, 9.17) is 24.4 Å². The summed E-state index contributed by atoms with van der Waals surface area (Å²) in [6.07, 6.45) is -1.57. The van der Waals surface area contributed by atoms with E-state index in [2.05, 4.69) is 4.74 Å². The summed E-state index contributed by atoms with van der Waals surface area (Å²) in [5.74, 6) is 0. The first-order valence-corrected chi connectivity index (χ1v) is 8.12. The number of hydrogen-bond donors (Lipinski definition) is 2. The van der Waals surface area contributed by atoms with Crippen LogP contribution < -0.4 is 0 Å². The van der Waals surface area contributed by atoms with Crippen LogP contribution in [-0.2, 0) is 18.9 Å². The third-order valence-electron chi connectivity index (χ3n) is 4.26. The van der Waals surface area contributed by atoms with Gasteiger partial charge in [0, 0.05) is 0 Å². The average Bonchev–Trinajstić information content (AvgIpc) is 2.50. The van der Waals surface area contributed by atoms with Crippen LogP contribution in [0.4, 0.5) is 14.4 Å². The van der Waals surface area contributed by atoms with E-state index in [9.17, 15) is 14.4 Å². The second kappa shape index (κ2) is 8.60. The first-order chi connectivity index (χ1) is 11.5. The molecular weight excluding hydrogens is 324 g/mol. The molecule has 2 aliphatic rings. The van der Waals surface area contributed by atoms with Gasteiger partial charge in [-0.15, -0.1) is 0 Å². The van der Waals surface area contributed by atoms with E-state index < -0.39 is 36.8 Å². The van der Waals surface area contributed by atoms with Gasteiger partial charge >= 0.3 is 18.5 Å². The zero-order valence-electron chi connectivity index (χ0n) is 13.2. The number of carbonyl (C=O) groups excluding carboxylic acids is 1. The smallest absolute Gasteiger partial charge is 0.450 e. The molecule has 0 aromatic rings. The molecule has 2 aliphatic carbocycles. The Balaban J connectivity index is 1.94. The van der Waals surface area contributed by atoms with Crippen LogP contribution in [0.25, 0.3) is 0 Å². The molecule has 2 rings (SSSR count). The van der Waals surface area contributed by atoms with Crippen LogP contribution in [0.1, 0.15) is 51.4 Å². The fraction of sp³-hybridized carbons (Fsp3) is 0.800. The summed E-state index contributed by atoms with van der Waals surface area (Å²) < 4.78 is 19.8. The molecular formula is C15H22O9. The van der Waals surface area contributed by atoms with Gasteiger partial charge in [-0.25, -0.2) is 14.4 Å². The Bertz CT molecular complexity index is 458. The van der Waals surface area contributed by atoms with Gasteiger partial charge in [-0.1, -0.05) is 6.42 Å². The van der Waals surface area contributed by atoms with Crippen molar-refractivity contribution in [1.82, 2.24) is 0 Å². The van der Waals surface area contributed by atoms with E-state index >= 15 is 0 Å². The molecule has 2 fully saturated rings. The van der Waals surface area contributed by atoms with Gasteiger partial charge in [-0.3, -0.25) is 0 Å². The van der Waals surface area contributed by atoms with Crippen molar-refractivity contribution in [2.75, 3.05) is 0 Å². The van der Waals surface area contributed by atoms with Crippen LogP contribution in [0.3, 0.4) is 0 Å². The Labute approximate surface area is 138 Å². The van der Waals surface area contributed by atoms with Crippen LogP contribution >= 0.6 is 0 Å².